The van der Waals surface area contributed by atoms with Gasteiger partial charge in [0.15, 0.2) is 5.96 Å². The van der Waals surface area contributed by atoms with Crippen LogP contribution in [0.2, 0.25) is 0 Å². The molecule has 0 aliphatic carbocycles. The molecule has 24 N–H and O–H groups in total. The number of aromatic amines is 3. The van der Waals surface area contributed by atoms with Gasteiger partial charge in [-0.1, -0.05) is 135 Å². The molecule has 0 spiro atoms. The van der Waals surface area contributed by atoms with Crippen LogP contribution < -0.4 is 86.3 Å². The molecule has 5 heterocycles. The van der Waals surface area contributed by atoms with Gasteiger partial charge in [0.25, 0.3) is 0 Å². The molecule has 10 rings (SSSR count). The van der Waals surface area contributed by atoms with Crippen molar-refractivity contribution in [1.82, 2.24) is 104 Å². The molecule has 17 amide bonds. The average Bonchev–Trinajstić information content (AvgIpc) is 1.69. The Morgan fingerprint density at radius 2 is 1.00 bits per heavy atom. The number of primary amides is 2. The number of imidazole rings is 1. The Kier molecular flexibility index (Phi) is 37.6. The number of carbonyl (C=O) groups is 17. The van der Waals surface area contributed by atoms with Gasteiger partial charge in [-0.2, -0.15) is 0 Å². The lowest BCUT2D eigenvalue weighted by atomic mass is 9.99. The van der Waals surface area contributed by atoms with Gasteiger partial charge in [0.2, 0.25) is 100 Å². The molecular weight excluding hydrogens is 1770 g/mol. The second-order valence-corrected chi connectivity index (χ2v) is 34.9. The predicted molar refractivity (Wildman–Crippen MR) is 503 cm³/mol. The van der Waals surface area contributed by atoms with E-state index in [2.05, 4.69) is 89.1 Å². The fourth-order valence-electron chi connectivity index (χ4n) is 15.8. The third-order valence-corrected chi connectivity index (χ3v) is 24.4. The number of H-pyrrole nitrogens is 3. The van der Waals surface area contributed by atoms with E-state index in [1.807, 2.05) is 30.3 Å². The maximum absolute atomic E-state index is 15.6. The molecule has 0 saturated carbocycles. The van der Waals surface area contributed by atoms with Crippen molar-refractivity contribution in [3.63, 3.8) is 0 Å². The van der Waals surface area contributed by atoms with Crippen molar-refractivity contribution in [3.05, 3.63) is 186 Å². The van der Waals surface area contributed by atoms with Crippen molar-refractivity contribution in [3.8, 4) is 11.1 Å². The highest BCUT2D eigenvalue weighted by Crippen LogP contribution is 2.26. The quantitative estimate of drug-likeness (QED) is 0.0182. The maximum atomic E-state index is 15.6. The standard InChI is InChI=1S/C93H118N24O18S/c1-51(2)35-66-82(125)103-46-78(121)105-67(38-58-42-100-63-25-15-13-23-61(58)63)85(128)113-73(47-118)88(131)109-68(39-59-43-101-64-26-16-14-24-62(59)64)86(129)112-71(37-55-29-31-57(32-30-55)56-21-11-8-12-22-56)91(134)116(6)52(3)80(123)107-65(27-17-33-99-93(96)97)84(127)114-74(83(126)102-45-77(95)120)48-136-49-79(122)106-70(36-54-19-9-7-10-20-54)90(133)115(5)53(4)81(124)111-72(41-76(94)119)92(135)117-34-18-28-75(117)89(132)110-69(87(130)108-66)40-60-44-98-50-104-60/h7-16,19-26,29-32,42-44,50-53,65-75,100-101,118H,17-18,27-28,33-41,45-49H2,1-6H3,(H2,94,119)(H2,95,120)(H,98,104)(H,102,126)(H,103,125)(H,105,121)(H,106,122)(H,107,123)(H,108,130)(H,109,131)(H,110,132)(H,111,124)(H,112,129)(H,113,128)(H,114,127)(H4,96,97,99). The molecule has 724 valence electrons. The van der Waals surface area contributed by atoms with E-state index in [-0.39, 0.29) is 83.2 Å². The molecule has 2 saturated heterocycles. The minimum atomic E-state index is -1.89. The Labute approximate surface area is 787 Å². The molecule has 13 atom stereocenters. The molecule has 2 fully saturated rings. The number of para-hydroxylation sites is 2. The van der Waals surface area contributed by atoms with Crippen LogP contribution in [0.5, 0.6) is 0 Å². The van der Waals surface area contributed by atoms with Crippen molar-refractivity contribution in [2.24, 2.45) is 23.1 Å². The van der Waals surface area contributed by atoms with Crippen LogP contribution >= 0.6 is 11.8 Å². The summed E-state index contributed by atoms with van der Waals surface area (Å²) < 4.78 is 0. The van der Waals surface area contributed by atoms with Crippen molar-refractivity contribution >= 4 is 140 Å². The van der Waals surface area contributed by atoms with E-state index in [1.165, 1.54) is 40.5 Å². The van der Waals surface area contributed by atoms with Gasteiger partial charge in [-0.05, 0) is 97.4 Å². The lowest BCUT2D eigenvalue weighted by Crippen LogP contribution is -2.61. The number of aromatic nitrogens is 4. The van der Waals surface area contributed by atoms with Crippen molar-refractivity contribution in [1.29, 1.82) is 5.41 Å². The number of benzene rings is 5. The number of hydrogen-bond donors (Lipinski definition) is 21. The normalized spacial score (nSPS) is 22.9. The molecule has 0 radical (unpaired) electrons. The summed E-state index contributed by atoms with van der Waals surface area (Å²) in [5, 5.41) is 54.3. The Hall–Kier alpha value is -15.0. The summed E-state index contributed by atoms with van der Waals surface area (Å²) in [7, 11) is 2.51. The highest BCUT2D eigenvalue weighted by atomic mass is 32.2. The molecule has 43 heteroatoms. The minimum absolute atomic E-state index is 0.00799. The van der Waals surface area contributed by atoms with E-state index >= 15 is 19.2 Å². The summed E-state index contributed by atoms with van der Waals surface area (Å²) in [5.41, 5.74) is 22.0. The van der Waals surface area contributed by atoms with Gasteiger partial charge in [0, 0.05) is 111 Å². The number of nitrogens with two attached hydrogens (primary N) is 3. The van der Waals surface area contributed by atoms with Gasteiger partial charge in [-0.25, -0.2) is 4.98 Å². The number of nitrogens with one attached hydrogen (secondary N) is 17. The molecule has 2 aliphatic heterocycles. The lowest BCUT2D eigenvalue weighted by molar-refractivity contribution is -0.145. The number of carbonyl (C=O) groups excluding carboxylic acids is 17. The molecule has 8 aromatic rings. The van der Waals surface area contributed by atoms with E-state index in [9.17, 15) is 67.4 Å². The first-order chi connectivity index (χ1) is 65.0. The monoisotopic (exact) mass is 1890 g/mol. The van der Waals surface area contributed by atoms with Crippen LogP contribution in [-0.4, -0.2) is 283 Å². The number of amides is 17. The first kappa shape index (κ1) is 103. The first-order valence-electron chi connectivity index (χ1n) is 44.5. The largest absolute Gasteiger partial charge is 0.394 e. The number of aliphatic hydroxyl groups excluding tert-OH is 1. The van der Waals surface area contributed by atoms with E-state index in [0.29, 0.717) is 49.8 Å². The maximum Gasteiger partial charge on any atom is 0.246 e. The zero-order chi connectivity index (χ0) is 98.4. The van der Waals surface area contributed by atoms with Crippen molar-refractivity contribution in [2.75, 3.05) is 58.4 Å². The second kappa shape index (κ2) is 49.6. The molecule has 136 heavy (non-hydrogen) atoms. The molecule has 0 bridgehead atoms. The molecule has 13 unspecified atom stereocenters. The highest BCUT2D eigenvalue weighted by molar-refractivity contribution is 8.00. The Morgan fingerprint density at radius 3 is 1.57 bits per heavy atom. The summed E-state index contributed by atoms with van der Waals surface area (Å²) in [6.45, 7) is 3.36. The van der Waals surface area contributed by atoms with Gasteiger partial charge < -0.3 is 121 Å². The predicted octanol–water partition coefficient (Wildman–Crippen LogP) is -2.27. The number of likely N-dealkylation sites (N-methyl/N-ethyl adjacent to an activating group) is 2. The zero-order valence-corrected chi connectivity index (χ0v) is 77.0. The molecule has 5 aromatic carbocycles. The summed E-state index contributed by atoms with van der Waals surface area (Å²) in [6.07, 6.45) is 3.80. The summed E-state index contributed by atoms with van der Waals surface area (Å²) >= 11 is 0.778. The zero-order valence-electron chi connectivity index (χ0n) is 76.1. The van der Waals surface area contributed by atoms with Crippen LogP contribution in [0.3, 0.4) is 0 Å². The number of aliphatic hydroxyl groups is 1. The Bertz CT molecular complexity index is 5610. The highest BCUT2D eigenvalue weighted by Gasteiger charge is 2.43. The topological polar surface area (TPSA) is 639 Å². The minimum Gasteiger partial charge on any atom is -0.394 e. The second-order valence-electron chi connectivity index (χ2n) is 33.9. The Balaban J connectivity index is 1.000. The average molecular weight is 1890 g/mol. The molecular formula is C93H118N24O18S. The van der Waals surface area contributed by atoms with Gasteiger partial charge in [-0.15, -0.1) is 11.8 Å². The van der Waals surface area contributed by atoms with Crippen LogP contribution in [0.15, 0.2) is 158 Å². The number of thioether (sulfide) groups is 1. The summed E-state index contributed by atoms with van der Waals surface area (Å²) in [5.74, 6) is -17.9. The lowest BCUT2D eigenvalue weighted by Gasteiger charge is -2.32. The van der Waals surface area contributed by atoms with Gasteiger partial charge in [0.1, 0.15) is 78.5 Å². The third kappa shape index (κ3) is 29.5. The number of rotatable bonds is 23. The fraction of sp³-hybridized carbons (Fsp3) is 0.409. The van der Waals surface area contributed by atoms with E-state index in [4.69, 9.17) is 22.6 Å². The van der Waals surface area contributed by atoms with Crippen LogP contribution in [0.4, 0.5) is 0 Å². The number of hydrogen-bond acceptors (Lipinski definition) is 21. The Morgan fingerprint density at radius 1 is 0.507 bits per heavy atom. The smallest absolute Gasteiger partial charge is 0.246 e. The van der Waals surface area contributed by atoms with Gasteiger partial charge in [-0.3, -0.25) is 86.9 Å². The molecule has 3 aromatic heterocycles. The van der Waals surface area contributed by atoms with E-state index in [0.717, 1.165) is 37.6 Å². The first-order valence-corrected chi connectivity index (χ1v) is 45.7. The van der Waals surface area contributed by atoms with E-state index < -0.39 is 223 Å². The van der Waals surface area contributed by atoms with Crippen LogP contribution in [0.25, 0.3) is 32.9 Å². The summed E-state index contributed by atoms with van der Waals surface area (Å²) in [6, 6.07) is 18.5. The fourth-order valence-corrected chi connectivity index (χ4v) is 16.7. The molecule has 42 nitrogen and oxygen atoms in total. The van der Waals surface area contributed by atoms with Crippen molar-refractivity contribution in [2.45, 2.75) is 177 Å². The summed E-state index contributed by atoms with van der Waals surface area (Å²) in [4.78, 5) is 263. The third-order valence-electron chi connectivity index (χ3n) is 23.4. The van der Waals surface area contributed by atoms with Crippen molar-refractivity contribution < 1.29 is 86.6 Å². The van der Waals surface area contributed by atoms with Crippen LogP contribution in [0, 0.1) is 11.3 Å². The van der Waals surface area contributed by atoms with Gasteiger partial charge in [0.05, 0.1) is 38.2 Å². The number of fused-ring (bicyclic) bond motifs is 3. The molecule has 2 aliphatic rings. The number of guanidine groups is 1. The van der Waals surface area contributed by atoms with Crippen LogP contribution in [0.1, 0.15) is 94.2 Å². The van der Waals surface area contributed by atoms with Crippen LogP contribution in [-0.2, 0) is 114 Å². The number of nitrogens with zero attached hydrogens (tertiary/aromatic N) is 4. The van der Waals surface area contributed by atoms with Gasteiger partial charge >= 0.3 is 0 Å². The SMILES string of the molecule is CC(C)CC1NC(=O)C(Cc2cnc[nH]2)NC(=O)C2CCCN2C(=O)C(CC(N)=O)NC(=O)C(C)N(C)C(=O)C(Cc2ccccc2)NC(=O)CSCC(C(=O)NCC(N)=O)NC(=O)C(CCCNC(=N)N)NC(=O)C(C)N(C)C(=O)C(Cc2ccc(-c3ccccc3)cc2)NC(=O)C(Cc2c[nH]c3ccccc23)NC(=O)C(CO)NC(=O)C(Cc2c[nH]c3ccccc23)NC(=O)CNC1=O. The van der Waals surface area contributed by atoms with E-state index in [1.54, 1.807) is 129 Å².